The summed E-state index contributed by atoms with van der Waals surface area (Å²) >= 11 is 6.24. The first-order chi connectivity index (χ1) is 15.0. The van der Waals surface area contributed by atoms with Gasteiger partial charge in [0.2, 0.25) is 5.91 Å². The molecule has 2 amide bonds. The minimum atomic E-state index is -0.386. The second-order valence-corrected chi connectivity index (χ2v) is 7.89. The van der Waals surface area contributed by atoms with E-state index in [9.17, 15) is 9.59 Å². The van der Waals surface area contributed by atoms with Crippen LogP contribution in [-0.4, -0.2) is 39.6 Å². The van der Waals surface area contributed by atoms with Gasteiger partial charge in [0.1, 0.15) is 17.4 Å². The van der Waals surface area contributed by atoms with E-state index in [-0.39, 0.29) is 18.2 Å². The van der Waals surface area contributed by atoms with Crippen LogP contribution in [0.5, 0.6) is 5.75 Å². The SMILES string of the molecule is COc1ccc(Nc2cc(NC3CC3)n3ncc(C=C4CC(=O)NC4=O)c3n2)cc1Cl. The van der Waals surface area contributed by atoms with Crippen LogP contribution in [0.2, 0.25) is 5.02 Å². The molecule has 1 aromatic carbocycles. The van der Waals surface area contributed by atoms with Crippen molar-refractivity contribution in [3.63, 3.8) is 0 Å². The summed E-state index contributed by atoms with van der Waals surface area (Å²) in [6, 6.07) is 7.65. The molecule has 1 saturated heterocycles. The average Bonchev–Trinajstić information content (AvgIpc) is 3.37. The molecule has 0 radical (unpaired) electrons. The Kier molecular flexibility index (Phi) is 4.74. The number of nitrogens with zero attached hydrogens (tertiary/aromatic N) is 3. The fourth-order valence-corrected chi connectivity index (χ4v) is 3.64. The highest BCUT2D eigenvalue weighted by Gasteiger charge is 2.25. The number of halogens is 1. The van der Waals surface area contributed by atoms with Crippen LogP contribution >= 0.6 is 11.6 Å². The van der Waals surface area contributed by atoms with E-state index in [1.165, 1.54) is 0 Å². The molecule has 3 N–H and O–H groups in total. The van der Waals surface area contributed by atoms with E-state index in [4.69, 9.17) is 21.3 Å². The van der Waals surface area contributed by atoms with Gasteiger partial charge in [0.25, 0.3) is 5.91 Å². The Morgan fingerprint density at radius 1 is 1.29 bits per heavy atom. The molecule has 0 bridgehead atoms. The number of ether oxygens (including phenoxy) is 1. The van der Waals surface area contributed by atoms with Crippen molar-refractivity contribution in [3.05, 3.63) is 46.6 Å². The lowest BCUT2D eigenvalue weighted by molar-refractivity contribution is -0.124. The molecule has 0 atom stereocenters. The third-order valence-electron chi connectivity index (χ3n) is 5.08. The number of imide groups is 1. The van der Waals surface area contributed by atoms with Gasteiger partial charge in [-0.05, 0) is 37.1 Å². The number of methoxy groups -OCH3 is 1. The molecule has 158 valence electrons. The molecule has 10 heteroatoms. The largest absolute Gasteiger partial charge is 0.495 e. The van der Waals surface area contributed by atoms with Gasteiger partial charge in [0.15, 0.2) is 5.65 Å². The molecule has 2 aliphatic rings. The monoisotopic (exact) mass is 438 g/mol. The van der Waals surface area contributed by atoms with Crippen molar-refractivity contribution in [2.45, 2.75) is 25.3 Å². The number of amides is 2. The fourth-order valence-electron chi connectivity index (χ4n) is 3.39. The van der Waals surface area contributed by atoms with E-state index >= 15 is 0 Å². The molecule has 2 fully saturated rings. The van der Waals surface area contributed by atoms with Crippen molar-refractivity contribution in [1.82, 2.24) is 19.9 Å². The second kappa shape index (κ2) is 7.59. The summed E-state index contributed by atoms with van der Waals surface area (Å²) in [6.07, 6.45) is 5.54. The maximum Gasteiger partial charge on any atom is 0.254 e. The molecule has 1 saturated carbocycles. The first-order valence-corrected chi connectivity index (χ1v) is 10.2. The Bertz CT molecular complexity index is 1250. The maximum absolute atomic E-state index is 12.0. The van der Waals surface area contributed by atoms with Crippen LogP contribution < -0.4 is 20.7 Å². The highest BCUT2D eigenvalue weighted by Crippen LogP contribution is 2.31. The first kappa shape index (κ1) is 19.4. The molecular weight excluding hydrogens is 420 g/mol. The lowest BCUT2D eigenvalue weighted by Crippen LogP contribution is -2.19. The van der Waals surface area contributed by atoms with Crippen molar-refractivity contribution in [2.75, 3.05) is 17.7 Å². The van der Waals surface area contributed by atoms with Gasteiger partial charge in [-0.15, -0.1) is 0 Å². The molecule has 1 aliphatic carbocycles. The minimum absolute atomic E-state index is 0.0473. The van der Waals surface area contributed by atoms with E-state index in [2.05, 4.69) is 21.0 Å². The third-order valence-corrected chi connectivity index (χ3v) is 5.37. The summed E-state index contributed by atoms with van der Waals surface area (Å²) in [5.74, 6) is 1.26. The Hall–Kier alpha value is -3.59. The number of nitrogens with one attached hydrogen (secondary N) is 3. The van der Waals surface area contributed by atoms with Crippen molar-refractivity contribution >= 4 is 52.5 Å². The Labute approximate surface area is 182 Å². The molecule has 3 aromatic rings. The van der Waals surface area contributed by atoms with Crippen LogP contribution in [0, 0.1) is 0 Å². The van der Waals surface area contributed by atoms with Gasteiger partial charge in [0.05, 0.1) is 24.8 Å². The first-order valence-electron chi connectivity index (χ1n) is 9.81. The van der Waals surface area contributed by atoms with E-state index in [0.29, 0.717) is 39.4 Å². The van der Waals surface area contributed by atoms with E-state index in [1.54, 1.807) is 36.0 Å². The predicted octanol–water partition coefficient (Wildman–Crippen LogP) is 3.14. The summed E-state index contributed by atoms with van der Waals surface area (Å²) in [5, 5.41) is 13.9. The van der Waals surface area contributed by atoms with Gasteiger partial charge in [-0.25, -0.2) is 4.98 Å². The lowest BCUT2D eigenvalue weighted by Gasteiger charge is -2.12. The normalized spacial score (nSPS) is 17.3. The molecule has 0 spiro atoms. The minimum Gasteiger partial charge on any atom is -0.495 e. The number of anilines is 3. The number of hydrogen-bond acceptors (Lipinski definition) is 7. The summed E-state index contributed by atoms with van der Waals surface area (Å²) in [7, 11) is 1.56. The predicted molar refractivity (Wildman–Crippen MR) is 117 cm³/mol. The number of rotatable bonds is 6. The third kappa shape index (κ3) is 3.91. The van der Waals surface area contributed by atoms with E-state index in [1.807, 2.05) is 12.1 Å². The van der Waals surface area contributed by atoms with Crippen LogP contribution in [0.25, 0.3) is 11.7 Å². The van der Waals surface area contributed by atoms with Crippen LogP contribution in [0.15, 0.2) is 36.0 Å². The van der Waals surface area contributed by atoms with Crippen molar-refractivity contribution in [3.8, 4) is 5.75 Å². The van der Waals surface area contributed by atoms with Gasteiger partial charge in [-0.1, -0.05) is 11.6 Å². The number of hydrogen-bond donors (Lipinski definition) is 3. The molecule has 9 nitrogen and oxygen atoms in total. The molecule has 1 aliphatic heterocycles. The summed E-state index contributed by atoms with van der Waals surface area (Å²) in [6.45, 7) is 0. The van der Waals surface area contributed by atoms with Gasteiger partial charge in [-0.2, -0.15) is 9.61 Å². The Morgan fingerprint density at radius 3 is 2.81 bits per heavy atom. The van der Waals surface area contributed by atoms with Crippen LogP contribution in [0.3, 0.4) is 0 Å². The van der Waals surface area contributed by atoms with E-state index in [0.717, 1.165) is 24.3 Å². The number of carbonyl (C=O) groups excluding carboxylic acids is 2. The summed E-state index contributed by atoms with van der Waals surface area (Å²) in [5.41, 5.74) is 2.35. The van der Waals surface area contributed by atoms with Gasteiger partial charge in [0, 0.05) is 28.9 Å². The Balaban J connectivity index is 1.55. The maximum atomic E-state index is 12.0. The smallest absolute Gasteiger partial charge is 0.254 e. The molecular formula is C21H19ClN6O3. The van der Waals surface area contributed by atoms with Gasteiger partial charge in [-0.3, -0.25) is 14.9 Å². The standard InChI is InChI=1S/C21H19ClN6O3/c1-31-16-5-4-14(8-15(16)22)24-17-9-18(25-13-2-3-13)28-20(26-17)12(10-23-28)6-11-7-19(29)27-21(11)30/h4-6,8-10,13,25H,2-3,7H2,1H3,(H,24,26)(H,27,29,30). The van der Waals surface area contributed by atoms with Crippen molar-refractivity contribution in [1.29, 1.82) is 0 Å². The highest BCUT2D eigenvalue weighted by atomic mass is 35.5. The molecule has 2 aromatic heterocycles. The van der Waals surface area contributed by atoms with Crippen LogP contribution in [0.4, 0.5) is 17.3 Å². The van der Waals surface area contributed by atoms with Crippen LogP contribution in [0.1, 0.15) is 24.8 Å². The highest BCUT2D eigenvalue weighted by molar-refractivity contribution is 6.32. The fraction of sp³-hybridized carbons (Fsp3) is 0.238. The number of aromatic nitrogens is 3. The number of carbonyl (C=O) groups is 2. The molecule has 0 unspecified atom stereocenters. The van der Waals surface area contributed by atoms with E-state index < -0.39 is 0 Å². The van der Waals surface area contributed by atoms with Gasteiger partial charge >= 0.3 is 0 Å². The average molecular weight is 439 g/mol. The zero-order valence-corrected chi connectivity index (χ0v) is 17.4. The topological polar surface area (TPSA) is 110 Å². The Morgan fingerprint density at radius 2 is 2.13 bits per heavy atom. The van der Waals surface area contributed by atoms with Crippen molar-refractivity contribution < 1.29 is 14.3 Å². The zero-order valence-electron chi connectivity index (χ0n) is 16.6. The summed E-state index contributed by atoms with van der Waals surface area (Å²) < 4.78 is 6.90. The molecule has 31 heavy (non-hydrogen) atoms. The number of benzene rings is 1. The molecule has 5 rings (SSSR count). The lowest BCUT2D eigenvalue weighted by atomic mass is 10.1. The zero-order chi connectivity index (χ0) is 21.5. The summed E-state index contributed by atoms with van der Waals surface area (Å²) in [4.78, 5) is 28.2. The van der Waals surface area contributed by atoms with Gasteiger partial charge < -0.3 is 15.4 Å². The quantitative estimate of drug-likeness (QED) is 0.400. The van der Waals surface area contributed by atoms with Crippen molar-refractivity contribution in [2.24, 2.45) is 0 Å². The molecule has 3 heterocycles. The van der Waals surface area contributed by atoms with Crippen LogP contribution in [-0.2, 0) is 9.59 Å². The second-order valence-electron chi connectivity index (χ2n) is 7.48. The number of fused-ring (bicyclic) bond motifs is 1.